The summed E-state index contributed by atoms with van der Waals surface area (Å²) >= 11 is 0. The largest absolute Gasteiger partial charge is 0.295 e. The molecule has 0 saturated heterocycles. The summed E-state index contributed by atoms with van der Waals surface area (Å²) in [4.78, 5) is 11.7. The van der Waals surface area contributed by atoms with Crippen molar-refractivity contribution in [2.75, 3.05) is 0 Å². The van der Waals surface area contributed by atoms with E-state index in [-0.39, 0.29) is 11.6 Å². The predicted molar refractivity (Wildman–Crippen MR) is 62.4 cm³/mol. The van der Waals surface area contributed by atoms with Crippen LogP contribution in [0.3, 0.4) is 0 Å². The normalized spacial score (nSPS) is 23.8. The quantitative estimate of drug-likeness (QED) is 0.658. The third kappa shape index (κ3) is 2.57. The first kappa shape index (κ1) is 11.1. The number of ketones is 1. The van der Waals surface area contributed by atoms with E-state index in [0.717, 1.165) is 24.0 Å². The van der Waals surface area contributed by atoms with Gasteiger partial charge in [0.05, 0.1) is 0 Å². The van der Waals surface area contributed by atoms with Crippen molar-refractivity contribution in [1.29, 1.82) is 0 Å². The van der Waals surface area contributed by atoms with E-state index in [4.69, 9.17) is 0 Å². The highest BCUT2D eigenvalue weighted by atomic mass is 19.1. The zero-order chi connectivity index (χ0) is 11.5. The summed E-state index contributed by atoms with van der Waals surface area (Å²) in [6.07, 6.45) is 4.36. The van der Waals surface area contributed by atoms with Gasteiger partial charge in [-0.3, -0.25) is 4.79 Å². The molecule has 2 rings (SSSR count). The van der Waals surface area contributed by atoms with Crippen molar-refractivity contribution in [2.24, 2.45) is 5.92 Å². The first-order valence-corrected chi connectivity index (χ1v) is 5.64. The van der Waals surface area contributed by atoms with Crippen molar-refractivity contribution in [3.8, 4) is 0 Å². The number of hydrogen-bond acceptors (Lipinski definition) is 1. The van der Waals surface area contributed by atoms with E-state index in [1.807, 2.05) is 6.08 Å². The molecule has 1 aromatic rings. The molecule has 1 saturated carbocycles. The van der Waals surface area contributed by atoms with Crippen LogP contribution in [0.15, 0.2) is 29.8 Å². The molecule has 0 N–H and O–H groups in total. The van der Waals surface area contributed by atoms with Crippen LogP contribution in [0.4, 0.5) is 4.39 Å². The second-order valence-corrected chi connectivity index (χ2v) is 4.49. The van der Waals surface area contributed by atoms with Crippen LogP contribution in [-0.4, -0.2) is 5.78 Å². The lowest BCUT2D eigenvalue weighted by Gasteiger charge is -2.19. The maximum atomic E-state index is 12.7. The monoisotopic (exact) mass is 218 g/mol. The number of hydrogen-bond donors (Lipinski definition) is 0. The van der Waals surface area contributed by atoms with Gasteiger partial charge in [-0.2, -0.15) is 0 Å². The number of rotatable bonds is 1. The third-order valence-corrected chi connectivity index (χ3v) is 3.00. The van der Waals surface area contributed by atoms with Crippen LogP contribution in [0.25, 0.3) is 6.08 Å². The van der Waals surface area contributed by atoms with E-state index in [9.17, 15) is 9.18 Å². The lowest BCUT2D eigenvalue weighted by atomic mass is 9.85. The molecule has 1 aliphatic carbocycles. The highest BCUT2D eigenvalue weighted by Crippen LogP contribution is 2.26. The Morgan fingerprint density at radius 1 is 1.31 bits per heavy atom. The van der Waals surface area contributed by atoms with E-state index < -0.39 is 0 Å². The van der Waals surface area contributed by atoms with Crippen molar-refractivity contribution in [1.82, 2.24) is 0 Å². The summed E-state index contributed by atoms with van der Waals surface area (Å²) in [6.45, 7) is 2.16. The Hall–Kier alpha value is -1.44. The highest BCUT2D eigenvalue weighted by molar-refractivity contribution is 6.00. The van der Waals surface area contributed by atoms with Crippen LogP contribution >= 0.6 is 0 Å². The Kier molecular flexibility index (Phi) is 3.18. The van der Waals surface area contributed by atoms with Crippen molar-refractivity contribution in [2.45, 2.75) is 26.2 Å². The molecule has 0 radical (unpaired) electrons. The zero-order valence-corrected chi connectivity index (χ0v) is 9.37. The molecule has 1 fully saturated rings. The lowest BCUT2D eigenvalue weighted by molar-refractivity contribution is -0.116. The van der Waals surface area contributed by atoms with Gasteiger partial charge in [0.2, 0.25) is 0 Å². The van der Waals surface area contributed by atoms with E-state index in [1.165, 1.54) is 12.1 Å². The minimum atomic E-state index is -0.245. The van der Waals surface area contributed by atoms with Gasteiger partial charge in [-0.25, -0.2) is 4.39 Å². The van der Waals surface area contributed by atoms with Gasteiger partial charge in [0.15, 0.2) is 5.78 Å². The molecule has 1 nitrogen and oxygen atoms in total. The first-order valence-electron chi connectivity index (χ1n) is 5.64. The smallest absolute Gasteiger partial charge is 0.158 e. The molecule has 1 aromatic carbocycles. The Labute approximate surface area is 95.0 Å². The van der Waals surface area contributed by atoms with Gasteiger partial charge in [-0.15, -0.1) is 0 Å². The number of Topliss-reactive ketones (excluding diaryl/α,β-unsaturated/α-hetero) is 1. The molecule has 16 heavy (non-hydrogen) atoms. The minimum Gasteiger partial charge on any atom is -0.295 e. The molecule has 1 unspecified atom stereocenters. The van der Waals surface area contributed by atoms with Gasteiger partial charge in [0.1, 0.15) is 5.82 Å². The Balaban J connectivity index is 2.22. The van der Waals surface area contributed by atoms with Gasteiger partial charge in [-0.1, -0.05) is 19.1 Å². The zero-order valence-electron chi connectivity index (χ0n) is 9.37. The molecule has 0 aromatic heterocycles. The van der Waals surface area contributed by atoms with Crippen LogP contribution in [0.1, 0.15) is 31.7 Å². The molecule has 1 atom stereocenters. The molecule has 0 spiro atoms. The number of halogens is 1. The summed E-state index contributed by atoms with van der Waals surface area (Å²) in [6, 6.07) is 6.25. The summed E-state index contributed by atoms with van der Waals surface area (Å²) < 4.78 is 12.7. The first-order chi connectivity index (χ1) is 7.65. The second kappa shape index (κ2) is 4.60. The fourth-order valence-corrected chi connectivity index (χ4v) is 2.03. The SMILES string of the molecule is CC1CCC(=O)/C(=C\c2ccc(F)cc2)C1. The minimum absolute atomic E-state index is 0.238. The van der Waals surface area contributed by atoms with Crippen LogP contribution in [-0.2, 0) is 4.79 Å². The van der Waals surface area contributed by atoms with E-state index in [2.05, 4.69) is 6.92 Å². The van der Waals surface area contributed by atoms with Gasteiger partial charge >= 0.3 is 0 Å². The molecule has 0 amide bonds. The fraction of sp³-hybridized carbons (Fsp3) is 0.357. The molecule has 2 heteroatoms. The van der Waals surface area contributed by atoms with Gasteiger partial charge in [-0.05, 0) is 48.1 Å². The van der Waals surface area contributed by atoms with E-state index >= 15 is 0 Å². The molecule has 1 aliphatic rings. The number of carbonyl (C=O) groups is 1. The summed E-state index contributed by atoms with van der Waals surface area (Å²) in [5, 5.41) is 0. The summed E-state index contributed by atoms with van der Waals surface area (Å²) in [5.74, 6) is 0.567. The van der Waals surface area contributed by atoms with Gasteiger partial charge < -0.3 is 0 Å². The van der Waals surface area contributed by atoms with Crippen LogP contribution in [0, 0.1) is 11.7 Å². The molecular formula is C14H15FO. The average Bonchev–Trinajstić information content (AvgIpc) is 2.27. The highest BCUT2D eigenvalue weighted by Gasteiger charge is 2.19. The third-order valence-electron chi connectivity index (χ3n) is 3.00. The Bertz CT molecular complexity index is 417. The second-order valence-electron chi connectivity index (χ2n) is 4.49. The van der Waals surface area contributed by atoms with Gasteiger partial charge in [0.25, 0.3) is 0 Å². The number of allylic oxidation sites excluding steroid dienone is 1. The number of benzene rings is 1. The van der Waals surface area contributed by atoms with Crippen LogP contribution in [0.2, 0.25) is 0 Å². The van der Waals surface area contributed by atoms with Crippen molar-refractivity contribution in [3.05, 3.63) is 41.2 Å². The predicted octanol–water partition coefficient (Wildman–Crippen LogP) is 3.60. The van der Waals surface area contributed by atoms with E-state index in [1.54, 1.807) is 12.1 Å². The topological polar surface area (TPSA) is 17.1 Å². The fourth-order valence-electron chi connectivity index (χ4n) is 2.03. The molecule has 0 heterocycles. The van der Waals surface area contributed by atoms with Crippen molar-refractivity contribution >= 4 is 11.9 Å². The summed E-state index contributed by atoms with van der Waals surface area (Å²) in [5.41, 5.74) is 1.78. The van der Waals surface area contributed by atoms with Crippen molar-refractivity contribution in [3.63, 3.8) is 0 Å². The Morgan fingerprint density at radius 2 is 2.00 bits per heavy atom. The average molecular weight is 218 g/mol. The van der Waals surface area contributed by atoms with Gasteiger partial charge in [0, 0.05) is 6.42 Å². The molecule has 84 valence electrons. The number of carbonyl (C=O) groups excluding carboxylic acids is 1. The summed E-state index contributed by atoms with van der Waals surface area (Å²) in [7, 11) is 0. The molecule has 0 aliphatic heterocycles. The van der Waals surface area contributed by atoms with E-state index in [0.29, 0.717) is 12.3 Å². The molecule has 0 bridgehead atoms. The molecular weight excluding hydrogens is 203 g/mol. The van der Waals surface area contributed by atoms with Crippen LogP contribution in [0.5, 0.6) is 0 Å². The van der Waals surface area contributed by atoms with Crippen molar-refractivity contribution < 1.29 is 9.18 Å². The van der Waals surface area contributed by atoms with Crippen LogP contribution < -0.4 is 0 Å². The Morgan fingerprint density at radius 3 is 2.69 bits per heavy atom. The lowest BCUT2D eigenvalue weighted by Crippen LogP contribution is -2.14. The maximum absolute atomic E-state index is 12.7. The standard InChI is InChI=1S/C14H15FO/c1-10-2-7-14(16)12(8-10)9-11-3-5-13(15)6-4-11/h3-6,9-10H,2,7-8H2,1H3/b12-9-. The maximum Gasteiger partial charge on any atom is 0.158 e.